The molecule has 0 aromatic heterocycles. The lowest BCUT2D eigenvalue weighted by Crippen LogP contribution is -2.62. The predicted molar refractivity (Wildman–Crippen MR) is 60.3 cm³/mol. The van der Waals surface area contributed by atoms with Gasteiger partial charge in [0, 0.05) is 6.04 Å². The average molecular weight is 227 g/mol. The minimum Gasteiger partial charge on any atom is -0.480 e. The highest BCUT2D eigenvalue weighted by molar-refractivity contribution is 5.74. The number of morpholine rings is 1. The third-order valence-electron chi connectivity index (χ3n) is 3.99. The summed E-state index contributed by atoms with van der Waals surface area (Å²) in [5.41, 5.74) is 0. The largest absolute Gasteiger partial charge is 0.480 e. The first kappa shape index (κ1) is 11.9. The van der Waals surface area contributed by atoms with Crippen molar-refractivity contribution in [2.75, 3.05) is 0 Å². The zero-order chi connectivity index (χ0) is 11.7. The molecule has 2 fully saturated rings. The van der Waals surface area contributed by atoms with Crippen molar-refractivity contribution in [2.24, 2.45) is 5.92 Å². The standard InChI is InChI=1S/C12H21NO3/c1-3-8-4-5-10-9(6-8)13-11(12(14)15)7(2)16-10/h7-11,13H,3-6H2,1-2H3,(H,14,15). The number of rotatable bonds is 2. The first-order valence-corrected chi connectivity index (χ1v) is 6.26. The van der Waals surface area contributed by atoms with E-state index in [0.29, 0.717) is 0 Å². The van der Waals surface area contributed by atoms with Gasteiger partial charge in [-0.25, -0.2) is 0 Å². The van der Waals surface area contributed by atoms with Crippen LogP contribution in [0, 0.1) is 5.92 Å². The zero-order valence-corrected chi connectivity index (χ0v) is 9.98. The maximum atomic E-state index is 11.0. The predicted octanol–water partition coefficient (Wildman–Crippen LogP) is 1.40. The van der Waals surface area contributed by atoms with E-state index in [4.69, 9.17) is 9.84 Å². The molecule has 0 radical (unpaired) electrons. The second-order valence-electron chi connectivity index (χ2n) is 5.06. The van der Waals surface area contributed by atoms with Gasteiger partial charge in [0.05, 0.1) is 12.2 Å². The molecule has 4 nitrogen and oxygen atoms in total. The number of hydrogen-bond acceptors (Lipinski definition) is 3. The summed E-state index contributed by atoms with van der Waals surface area (Å²) in [4.78, 5) is 11.0. The Balaban J connectivity index is 2.01. The summed E-state index contributed by atoms with van der Waals surface area (Å²) in [5.74, 6) is -0.0789. The number of ether oxygens (including phenoxy) is 1. The number of hydrogen-bond donors (Lipinski definition) is 2. The van der Waals surface area contributed by atoms with Crippen molar-refractivity contribution in [2.45, 2.75) is 63.8 Å². The molecule has 92 valence electrons. The molecule has 0 aromatic carbocycles. The second kappa shape index (κ2) is 4.72. The zero-order valence-electron chi connectivity index (χ0n) is 9.98. The number of carboxylic acids is 1. The quantitative estimate of drug-likeness (QED) is 0.748. The summed E-state index contributed by atoms with van der Waals surface area (Å²) in [7, 11) is 0. The van der Waals surface area contributed by atoms with Crippen LogP contribution < -0.4 is 5.32 Å². The molecule has 4 heteroatoms. The average Bonchev–Trinajstić information content (AvgIpc) is 2.27. The minimum absolute atomic E-state index is 0.216. The number of carboxylic acid groups (broad SMARTS) is 1. The number of aliphatic carboxylic acids is 1. The molecule has 1 saturated carbocycles. The molecule has 2 N–H and O–H groups in total. The molecule has 1 aliphatic carbocycles. The lowest BCUT2D eigenvalue weighted by molar-refractivity contribution is -0.155. The SMILES string of the molecule is CCC1CCC2OC(C)C(C(=O)O)NC2C1. The summed E-state index contributed by atoms with van der Waals surface area (Å²) in [5, 5.41) is 12.3. The van der Waals surface area contributed by atoms with Gasteiger partial charge in [-0.3, -0.25) is 10.1 Å². The molecule has 2 rings (SSSR count). The van der Waals surface area contributed by atoms with Crippen molar-refractivity contribution >= 4 is 5.97 Å². The Bertz CT molecular complexity index is 269. The van der Waals surface area contributed by atoms with Gasteiger partial charge >= 0.3 is 5.97 Å². The summed E-state index contributed by atoms with van der Waals surface area (Å²) in [6.45, 7) is 4.04. The van der Waals surface area contributed by atoms with Crippen LogP contribution in [0.4, 0.5) is 0 Å². The fourth-order valence-corrected chi connectivity index (χ4v) is 2.93. The van der Waals surface area contributed by atoms with Gasteiger partial charge in [-0.05, 0) is 32.1 Å². The van der Waals surface area contributed by atoms with Crippen molar-refractivity contribution in [1.82, 2.24) is 5.32 Å². The van der Waals surface area contributed by atoms with Gasteiger partial charge in [-0.15, -0.1) is 0 Å². The van der Waals surface area contributed by atoms with E-state index in [0.717, 1.165) is 18.8 Å². The highest BCUT2D eigenvalue weighted by Crippen LogP contribution is 2.32. The highest BCUT2D eigenvalue weighted by Gasteiger charge is 2.41. The Morgan fingerprint density at radius 2 is 2.25 bits per heavy atom. The third kappa shape index (κ3) is 2.23. The van der Waals surface area contributed by atoms with Gasteiger partial charge in [0.1, 0.15) is 6.04 Å². The third-order valence-corrected chi connectivity index (χ3v) is 3.99. The molecule has 16 heavy (non-hydrogen) atoms. The Morgan fingerprint density at radius 1 is 1.50 bits per heavy atom. The van der Waals surface area contributed by atoms with Crippen molar-refractivity contribution in [3.8, 4) is 0 Å². The molecule has 1 aliphatic heterocycles. The van der Waals surface area contributed by atoms with E-state index in [1.54, 1.807) is 0 Å². The summed E-state index contributed by atoms with van der Waals surface area (Å²) in [6, 6.07) is -0.312. The molecule has 5 atom stereocenters. The van der Waals surface area contributed by atoms with Crippen LogP contribution in [-0.4, -0.2) is 35.4 Å². The van der Waals surface area contributed by atoms with Crippen molar-refractivity contribution in [3.63, 3.8) is 0 Å². The van der Waals surface area contributed by atoms with E-state index in [-0.39, 0.29) is 18.2 Å². The molecule has 2 aliphatic rings. The van der Waals surface area contributed by atoms with Crippen molar-refractivity contribution in [3.05, 3.63) is 0 Å². The lowest BCUT2D eigenvalue weighted by Gasteiger charge is -2.44. The number of nitrogens with one attached hydrogen (secondary N) is 1. The van der Waals surface area contributed by atoms with Gasteiger partial charge in [0.25, 0.3) is 0 Å². The Kier molecular flexibility index (Phi) is 3.50. The van der Waals surface area contributed by atoms with Crippen LogP contribution in [0.15, 0.2) is 0 Å². The van der Waals surface area contributed by atoms with Gasteiger partial charge in [-0.1, -0.05) is 13.3 Å². The van der Waals surface area contributed by atoms with E-state index in [1.807, 2.05) is 6.92 Å². The lowest BCUT2D eigenvalue weighted by atomic mass is 9.81. The van der Waals surface area contributed by atoms with Gasteiger partial charge in [-0.2, -0.15) is 0 Å². The molecular weight excluding hydrogens is 206 g/mol. The second-order valence-corrected chi connectivity index (χ2v) is 5.06. The van der Waals surface area contributed by atoms with Crippen LogP contribution in [-0.2, 0) is 9.53 Å². The van der Waals surface area contributed by atoms with Crippen LogP contribution in [0.2, 0.25) is 0 Å². The Labute approximate surface area is 96.4 Å². The van der Waals surface area contributed by atoms with E-state index in [9.17, 15) is 4.79 Å². The van der Waals surface area contributed by atoms with Crippen LogP contribution in [0.1, 0.15) is 39.5 Å². The maximum absolute atomic E-state index is 11.0. The van der Waals surface area contributed by atoms with Crippen LogP contribution >= 0.6 is 0 Å². The molecule has 0 bridgehead atoms. The van der Waals surface area contributed by atoms with Crippen LogP contribution in [0.3, 0.4) is 0 Å². The van der Waals surface area contributed by atoms with E-state index in [2.05, 4.69) is 12.2 Å². The first-order valence-electron chi connectivity index (χ1n) is 6.26. The molecular formula is C12H21NO3. The minimum atomic E-state index is -0.801. The molecule has 0 spiro atoms. The monoisotopic (exact) mass is 227 g/mol. The Morgan fingerprint density at radius 3 is 2.88 bits per heavy atom. The van der Waals surface area contributed by atoms with E-state index in [1.165, 1.54) is 12.8 Å². The van der Waals surface area contributed by atoms with E-state index < -0.39 is 12.0 Å². The summed E-state index contributed by atoms with van der Waals surface area (Å²) >= 11 is 0. The maximum Gasteiger partial charge on any atom is 0.323 e. The van der Waals surface area contributed by atoms with Crippen LogP contribution in [0.5, 0.6) is 0 Å². The van der Waals surface area contributed by atoms with Gasteiger partial charge < -0.3 is 9.84 Å². The van der Waals surface area contributed by atoms with Crippen molar-refractivity contribution in [1.29, 1.82) is 0 Å². The first-order chi connectivity index (χ1) is 7.61. The fourth-order valence-electron chi connectivity index (χ4n) is 2.93. The highest BCUT2D eigenvalue weighted by atomic mass is 16.5. The molecule has 1 heterocycles. The topological polar surface area (TPSA) is 58.6 Å². The fraction of sp³-hybridized carbons (Fsp3) is 0.917. The molecule has 0 aromatic rings. The van der Waals surface area contributed by atoms with Crippen molar-refractivity contribution < 1.29 is 14.6 Å². The normalized spacial score (nSPS) is 43.8. The van der Waals surface area contributed by atoms with Gasteiger partial charge in [0.2, 0.25) is 0 Å². The van der Waals surface area contributed by atoms with E-state index >= 15 is 0 Å². The molecule has 0 amide bonds. The smallest absolute Gasteiger partial charge is 0.323 e. The summed E-state index contributed by atoms with van der Waals surface area (Å²) < 4.78 is 5.81. The number of fused-ring (bicyclic) bond motifs is 1. The molecule has 5 unspecified atom stereocenters. The summed E-state index contributed by atoms with van der Waals surface area (Å²) in [6.07, 6.45) is 4.50. The van der Waals surface area contributed by atoms with Crippen LogP contribution in [0.25, 0.3) is 0 Å². The molecule has 1 saturated heterocycles. The Hall–Kier alpha value is -0.610. The number of carbonyl (C=O) groups is 1. The van der Waals surface area contributed by atoms with Gasteiger partial charge in [0.15, 0.2) is 0 Å².